The molecule has 2 heterocycles. The zero-order valence-electron chi connectivity index (χ0n) is 18.3. The van der Waals surface area contributed by atoms with E-state index in [1.165, 1.54) is 39.9 Å². The van der Waals surface area contributed by atoms with Gasteiger partial charge in [0.05, 0.1) is 22.7 Å². The summed E-state index contributed by atoms with van der Waals surface area (Å²) in [6.07, 6.45) is 2.39. The Morgan fingerprint density at radius 3 is 2.34 bits per heavy atom. The molecule has 1 aliphatic carbocycles. The third kappa shape index (κ3) is 4.32. The summed E-state index contributed by atoms with van der Waals surface area (Å²) in [6, 6.07) is 5.89. The van der Waals surface area contributed by atoms with Gasteiger partial charge < -0.3 is 15.4 Å². The molecule has 8 nitrogen and oxygen atoms in total. The number of carbonyl (C=O) groups is 2. The van der Waals surface area contributed by atoms with Gasteiger partial charge in [-0.3, -0.25) is 9.59 Å². The zero-order chi connectivity index (χ0) is 23.0. The van der Waals surface area contributed by atoms with Crippen LogP contribution in [0.4, 0.5) is 5.00 Å². The van der Waals surface area contributed by atoms with E-state index in [9.17, 15) is 18.0 Å². The van der Waals surface area contributed by atoms with Crippen molar-refractivity contribution in [2.45, 2.75) is 50.2 Å². The van der Waals surface area contributed by atoms with Crippen molar-refractivity contribution >= 4 is 38.2 Å². The van der Waals surface area contributed by atoms with Gasteiger partial charge in [0, 0.05) is 30.6 Å². The van der Waals surface area contributed by atoms with Crippen molar-refractivity contribution < 1.29 is 22.7 Å². The first-order chi connectivity index (χ1) is 15.2. The second-order valence-corrected chi connectivity index (χ2v) is 11.2. The Hall–Kier alpha value is -2.27. The fourth-order valence-electron chi connectivity index (χ4n) is 4.29. The van der Waals surface area contributed by atoms with Gasteiger partial charge in [0.2, 0.25) is 10.0 Å². The van der Waals surface area contributed by atoms with Gasteiger partial charge in [0.25, 0.3) is 11.8 Å². The number of nitrogens with zero attached hydrogens (tertiary/aromatic N) is 1. The summed E-state index contributed by atoms with van der Waals surface area (Å²) in [5.41, 5.74) is 1.87. The molecule has 4 rings (SSSR count). The molecule has 1 fully saturated rings. The number of fused-ring (bicyclic) bond motifs is 1. The second kappa shape index (κ2) is 8.93. The van der Waals surface area contributed by atoms with E-state index in [1.54, 1.807) is 7.05 Å². The molecule has 2 amide bonds. The maximum absolute atomic E-state index is 13.0. The van der Waals surface area contributed by atoms with Crippen molar-refractivity contribution in [1.29, 1.82) is 0 Å². The maximum Gasteiger partial charge on any atom is 0.256 e. The van der Waals surface area contributed by atoms with Crippen molar-refractivity contribution in [3.05, 3.63) is 45.8 Å². The zero-order valence-corrected chi connectivity index (χ0v) is 19.9. The lowest BCUT2D eigenvalue weighted by Gasteiger charge is -2.34. The van der Waals surface area contributed by atoms with Gasteiger partial charge in [0.1, 0.15) is 5.00 Å². The number of nitrogens with one attached hydrogen (secondary N) is 2. The highest BCUT2D eigenvalue weighted by Crippen LogP contribution is 2.39. The predicted molar refractivity (Wildman–Crippen MR) is 123 cm³/mol. The van der Waals surface area contributed by atoms with E-state index in [1.807, 2.05) is 13.8 Å². The smallest absolute Gasteiger partial charge is 0.256 e. The molecule has 1 saturated heterocycles. The molecule has 0 unspecified atom stereocenters. The van der Waals surface area contributed by atoms with Crippen LogP contribution in [-0.2, 0) is 27.6 Å². The second-order valence-electron chi connectivity index (χ2n) is 8.20. The normalized spacial score (nSPS) is 21.2. The molecule has 1 aromatic carbocycles. The summed E-state index contributed by atoms with van der Waals surface area (Å²) in [6.45, 7) is 4.28. The van der Waals surface area contributed by atoms with Crippen LogP contribution in [0.15, 0.2) is 29.2 Å². The van der Waals surface area contributed by atoms with E-state index in [4.69, 9.17) is 4.74 Å². The first kappa shape index (κ1) is 22.9. The van der Waals surface area contributed by atoms with Crippen LogP contribution in [0.5, 0.6) is 0 Å². The minimum Gasteiger partial charge on any atom is -0.373 e. The van der Waals surface area contributed by atoms with E-state index >= 15 is 0 Å². The minimum absolute atomic E-state index is 0.136. The average molecular weight is 478 g/mol. The molecular formula is C22H27N3O5S2. The number of amides is 2. The lowest BCUT2D eigenvalue weighted by Crippen LogP contribution is -2.48. The van der Waals surface area contributed by atoms with Gasteiger partial charge in [-0.25, -0.2) is 8.42 Å². The maximum atomic E-state index is 13.0. The van der Waals surface area contributed by atoms with E-state index in [0.717, 1.165) is 29.7 Å². The van der Waals surface area contributed by atoms with E-state index in [2.05, 4.69) is 10.6 Å². The molecule has 2 aromatic rings. The SMILES string of the molecule is CNC(=O)c1c(NC(=O)c2ccc(S(=O)(=O)N3C[C@H](C)O[C@@H](C)C3)cc2)sc2c1CCC2. The summed E-state index contributed by atoms with van der Waals surface area (Å²) in [4.78, 5) is 26.5. The number of sulfonamides is 1. The Morgan fingerprint density at radius 1 is 1.06 bits per heavy atom. The third-order valence-corrected chi connectivity index (χ3v) is 8.80. The monoisotopic (exact) mass is 477 g/mol. The van der Waals surface area contributed by atoms with Gasteiger partial charge in [-0.1, -0.05) is 0 Å². The molecule has 2 aliphatic rings. The van der Waals surface area contributed by atoms with E-state index < -0.39 is 10.0 Å². The van der Waals surface area contributed by atoms with Crippen LogP contribution < -0.4 is 10.6 Å². The topological polar surface area (TPSA) is 105 Å². The number of ether oxygens (including phenoxy) is 1. The Bertz CT molecular complexity index is 1130. The quantitative estimate of drug-likeness (QED) is 0.689. The summed E-state index contributed by atoms with van der Waals surface area (Å²) in [7, 11) is -2.11. The number of thiophene rings is 1. The van der Waals surface area contributed by atoms with Crippen molar-refractivity contribution in [2.24, 2.45) is 0 Å². The van der Waals surface area contributed by atoms with Gasteiger partial charge in [-0.05, 0) is 62.9 Å². The Morgan fingerprint density at radius 2 is 1.72 bits per heavy atom. The van der Waals surface area contributed by atoms with Crippen molar-refractivity contribution in [3.8, 4) is 0 Å². The summed E-state index contributed by atoms with van der Waals surface area (Å²) in [5.74, 6) is -0.595. The first-order valence-corrected chi connectivity index (χ1v) is 12.9. The predicted octanol–water partition coefficient (Wildman–Crippen LogP) is 2.65. The molecule has 0 bridgehead atoms. The number of morpholine rings is 1. The van der Waals surface area contributed by atoms with Crippen LogP contribution in [0.3, 0.4) is 0 Å². The largest absolute Gasteiger partial charge is 0.373 e. The van der Waals surface area contributed by atoms with Crippen LogP contribution in [-0.4, -0.2) is 56.9 Å². The van der Waals surface area contributed by atoms with Crippen molar-refractivity contribution in [1.82, 2.24) is 9.62 Å². The van der Waals surface area contributed by atoms with Crippen molar-refractivity contribution in [3.63, 3.8) is 0 Å². The highest BCUT2D eigenvalue weighted by molar-refractivity contribution is 7.89. The molecule has 2 atom stereocenters. The highest BCUT2D eigenvalue weighted by Gasteiger charge is 2.32. The van der Waals surface area contributed by atoms with Crippen LogP contribution in [0.2, 0.25) is 0 Å². The van der Waals surface area contributed by atoms with Crippen LogP contribution in [0, 0.1) is 0 Å². The molecule has 0 radical (unpaired) electrons. The Kier molecular flexibility index (Phi) is 6.39. The minimum atomic E-state index is -3.68. The fourth-order valence-corrected chi connectivity index (χ4v) is 7.16. The van der Waals surface area contributed by atoms with E-state index in [0.29, 0.717) is 29.2 Å². The highest BCUT2D eigenvalue weighted by atomic mass is 32.2. The van der Waals surface area contributed by atoms with E-state index in [-0.39, 0.29) is 28.9 Å². The molecule has 0 saturated carbocycles. The lowest BCUT2D eigenvalue weighted by atomic mass is 10.1. The average Bonchev–Trinajstić information content (AvgIpc) is 3.33. The number of rotatable bonds is 5. The number of hydrogen-bond donors (Lipinski definition) is 2. The molecule has 10 heteroatoms. The number of carbonyl (C=O) groups excluding carboxylic acids is 2. The Labute approximate surface area is 192 Å². The van der Waals surface area contributed by atoms with Gasteiger partial charge in [-0.2, -0.15) is 4.31 Å². The summed E-state index contributed by atoms with van der Waals surface area (Å²) >= 11 is 1.43. The van der Waals surface area contributed by atoms with Gasteiger partial charge in [-0.15, -0.1) is 11.3 Å². The molecule has 172 valence electrons. The molecule has 1 aromatic heterocycles. The lowest BCUT2D eigenvalue weighted by molar-refractivity contribution is -0.0440. The molecule has 32 heavy (non-hydrogen) atoms. The summed E-state index contributed by atoms with van der Waals surface area (Å²) < 4.78 is 33.1. The summed E-state index contributed by atoms with van der Waals surface area (Å²) in [5, 5.41) is 6.03. The number of benzene rings is 1. The standard InChI is InChI=1S/C22H27N3O5S2/c1-13-11-25(12-14(2)30-13)32(28,29)16-9-7-15(8-10-16)20(26)24-22-19(21(27)23-3)17-5-4-6-18(17)31-22/h7-10,13-14H,4-6,11-12H2,1-3H3,(H,23,27)(H,24,26)/t13-,14-/m0/s1. The molecular weight excluding hydrogens is 450 g/mol. The number of aryl methyl sites for hydroxylation is 1. The molecule has 0 spiro atoms. The van der Waals surface area contributed by atoms with Crippen LogP contribution in [0.25, 0.3) is 0 Å². The fraction of sp³-hybridized carbons (Fsp3) is 0.455. The van der Waals surface area contributed by atoms with Crippen LogP contribution in [0.1, 0.15) is 51.4 Å². The molecule has 2 N–H and O–H groups in total. The van der Waals surface area contributed by atoms with Crippen molar-refractivity contribution in [2.75, 3.05) is 25.5 Å². The third-order valence-electron chi connectivity index (χ3n) is 5.74. The molecule has 1 aliphatic heterocycles. The van der Waals surface area contributed by atoms with Gasteiger partial charge in [0.15, 0.2) is 0 Å². The van der Waals surface area contributed by atoms with Crippen LogP contribution >= 0.6 is 11.3 Å². The number of hydrogen-bond acceptors (Lipinski definition) is 6. The Balaban J connectivity index is 1.53. The number of anilines is 1. The first-order valence-electron chi connectivity index (χ1n) is 10.6. The van der Waals surface area contributed by atoms with Gasteiger partial charge >= 0.3 is 0 Å².